The first-order valence-corrected chi connectivity index (χ1v) is 8.67. The lowest BCUT2D eigenvalue weighted by atomic mass is 10.0. The Kier molecular flexibility index (Phi) is 4.93. The number of hydrogen-bond acceptors (Lipinski definition) is 4. The Morgan fingerprint density at radius 2 is 2.05 bits per heavy atom. The first kappa shape index (κ1) is 15.3. The van der Waals surface area contributed by atoms with Crippen molar-refractivity contribution in [1.29, 1.82) is 0 Å². The molecule has 0 amide bonds. The summed E-state index contributed by atoms with van der Waals surface area (Å²) in [6.45, 7) is 3.35. The molecular weight excluding hydrogens is 340 g/mol. The third kappa shape index (κ3) is 3.58. The lowest BCUT2D eigenvalue weighted by molar-refractivity contribution is 0.446. The maximum absolute atomic E-state index is 4.48. The van der Waals surface area contributed by atoms with E-state index in [1.807, 2.05) is 24.3 Å². The number of nitrogens with zero attached hydrogens (tertiary/aromatic N) is 3. The van der Waals surface area contributed by atoms with E-state index in [0.29, 0.717) is 6.04 Å². The predicted molar refractivity (Wildman–Crippen MR) is 94.7 cm³/mol. The van der Waals surface area contributed by atoms with Gasteiger partial charge in [0.2, 0.25) is 0 Å². The normalized spacial score (nSPS) is 18.3. The van der Waals surface area contributed by atoms with Crippen molar-refractivity contribution >= 4 is 33.3 Å². The van der Waals surface area contributed by atoms with Crippen LogP contribution in [-0.2, 0) is 0 Å². The highest BCUT2D eigenvalue weighted by atomic mass is 79.9. The van der Waals surface area contributed by atoms with Gasteiger partial charge in [-0.15, -0.1) is 0 Å². The Morgan fingerprint density at radius 3 is 2.82 bits per heavy atom. The zero-order valence-corrected chi connectivity index (χ0v) is 14.4. The number of hydrogen-bond donors (Lipinski definition) is 1. The molecule has 1 aromatic carbocycles. The van der Waals surface area contributed by atoms with Gasteiger partial charge in [-0.05, 0) is 49.9 Å². The fraction of sp³-hybridized carbons (Fsp3) is 0.412. The molecule has 1 aliphatic rings. The highest BCUT2D eigenvalue weighted by Gasteiger charge is 2.22. The van der Waals surface area contributed by atoms with Gasteiger partial charge in [-0.2, -0.15) is 0 Å². The van der Waals surface area contributed by atoms with Gasteiger partial charge in [-0.1, -0.05) is 22.9 Å². The fourth-order valence-electron chi connectivity index (χ4n) is 2.98. The van der Waals surface area contributed by atoms with Gasteiger partial charge in [-0.25, -0.2) is 9.97 Å². The SMILES string of the molecule is CCC1CCCCN1c1cc(Nc2ccc(Br)cc2)ncn1. The van der Waals surface area contributed by atoms with Gasteiger partial charge < -0.3 is 10.2 Å². The Bertz CT molecular complexity index is 614. The summed E-state index contributed by atoms with van der Waals surface area (Å²) in [6.07, 6.45) is 6.65. The zero-order chi connectivity index (χ0) is 15.4. The lowest BCUT2D eigenvalue weighted by Gasteiger charge is -2.36. The number of rotatable bonds is 4. The van der Waals surface area contributed by atoms with E-state index >= 15 is 0 Å². The van der Waals surface area contributed by atoms with Crippen molar-refractivity contribution in [3.63, 3.8) is 0 Å². The smallest absolute Gasteiger partial charge is 0.135 e. The van der Waals surface area contributed by atoms with Crippen molar-refractivity contribution < 1.29 is 0 Å². The number of benzene rings is 1. The van der Waals surface area contributed by atoms with E-state index in [1.165, 1.54) is 25.7 Å². The molecule has 0 radical (unpaired) electrons. The zero-order valence-electron chi connectivity index (χ0n) is 12.8. The van der Waals surface area contributed by atoms with E-state index in [9.17, 15) is 0 Å². The van der Waals surface area contributed by atoms with Crippen molar-refractivity contribution in [2.75, 3.05) is 16.8 Å². The molecule has 1 unspecified atom stereocenters. The average Bonchev–Trinajstić information content (AvgIpc) is 2.57. The summed E-state index contributed by atoms with van der Waals surface area (Å²) in [6, 6.07) is 10.7. The minimum Gasteiger partial charge on any atom is -0.353 e. The summed E-state index contributed by atoms with van der Waals surface area (Å²) in [5.41, 5.74) is 1.03. The summed E-state index contributed by atoms with van der Waals surface area (Å²) in [4.78, 5) is 11.3. The van der Waals surface area contributed by atoms with E-state index in [4.69, 9.17) is 0 Å². The molecule has 0 spiro atoms. The maximum atomic E-state index is 4.48. The molecule has 4 nitrogen and oxygen atoms in total. The predicted octanol–water partition coefficient (Wildman–Crippen LogP) is 4.75. The second kappa shape index (κ2) is 7.09. The van der Waals surface area contributed by atoms with Gasteiger partial charge in [0, 0.05) is 28.8 Å². The monoisotopic (exact) mass is 360 g/mol. The minimum atomic E-state index is 0.601. The molecule has 2 aromatic rings. The number of nitrogens with one attached hydrogen (secondary N) is 1. The summed E-state index contributed by atoms with van der Waals surface area (Å²) >= 11 is 3.45. The Balaban J connectivity index is 1.78. The molecule has 1 aliphatic heterocycles. The molecule has 1 N–H and O–H groups in total. The number of piperidine rings is 1. The first-order valence-electron chi connectivity index (χ1n) is 7.87. The summed E-state index contributed by atoms with van der Waals surface area (Å²) < 4.78 is 1.07. The van der Waals surface area contributed by atoms with Gasteiger partial charge >= 0.3 is 0 Å². The third-order valence-electron chi connectivity index (χ3n) is 4.16. The van der Waals surface area contributed by atoms with Crippen molar-refractivity contribution in [3.05, 3.63) is 41.1 Å². The molecule has 0 bridgehead atoms. The Hall–Kier alpha value is -1.62. The van der Waals surface area contributed by atoms with Crippen LogP contribution in [0, 0.1) is 0 Å². The quantitative estimate of drug-likeness (QED) is 0.853. The molecule has 1 atom stereocenters. The lowest BCUT2D eigenvalue weighted by Crippen LogP contribution is -2.39. The second-order valence-corrected chi connectivity index (χ2v) is 6.56. The largest absolute Gasteiger partial charge is 0.353 e. The Morgan fingerprint density at radius 1 is 1.23 bits per heavy atom. The van der Waals surface area contributed by atoms with Crippen LogP contribution in [0.25, 0.3) is 0 Å². The van der Waals surface area contributed by atoms with Crippen LogP contribution in [0.3, 0.4) is 0 Å². The van der Waals surface area contributed by atoms with E-state index in [2.05, 4.69) is 49.1 Å². The molecule has 1 fully saturated rings. The molecule has 3 rings (SSSR count). The summed E-state index contributed by atoms with van der Waals surface area (Å²) in [5.74, 6) is 1.87. The number of halogens is 1. The van der Waals surface area contributed by atoms with Gasteiger partial charge in [0.15, 0.2) is 0 Å². The van der Waals surface area contributed by atoms with Crippen LogP contribution in [0.4, 0.5) is 17.3 Å². The average molecular weight is 361 g/mol. The van der Waals surface area contributed by atoms with Crippen LogP contribution in [-0.4, -0.2) is 22.6 Å². The fourth-order valence-corrected chi connectivity index (χ4v) is 3.24. The van der Waals surface area contributed by atoms with E-state index in [-0.39, 0.29) is 0 Å². The molecule has 5 heteroatoms. The highest BCUT2D eigenvalue weighted by Crippen LogP contribution is 2.26. The van der Waals surface area contributed by atoms with Crippen molar-refractivity contribution in [2.24, 2.45) is 0 Å². The first-order chi connectivity index (χ1) is 10.8. The van der Waals surface area contributed by atoms with Crippen molar-refractivity contribution in [2.45, 2.75) is 38.6 Å². The van der Waals surface area contributed by atoms with Crippen molar-refractivity contribution in [1.82, 2.24) is 9.97 Å². The van der Waals surface area contributed by atoms with E-state index < -0.39 is 0 Å². The topological polar surface area (TPSA) is 41.0 Å². The summed E-state index contributed by atoms with van der Waals surface area (Å²) in [7, 11) is 0. The van der Waals surface area contributed by atoms with Gasteiger partial charge in [-0.3, -0.25) is 0 Å². The molecule has 0 saturated carbocycles. The van der Waals surface area contributed by atoms with Gasteiger partial charge in [0.1, 0.15) is 18.0 Å². The second-order valence-electron chi connectivity index (χ2n) is 5.64. The summed E-state index contributed by atoms with van der Waals surface area (Å²) in [5, 5.41) is 3.34. The molecule has 0 aliphatic carbocycles. The van der Waals surface area contributed by atoms with Crippen LogP contribution >= 0.6 is 15.9 Å². The molecule has 2 heterocycles. The molecular formula is C17H21BrN4. The molecule has 1 aromatic heterocycles. The van der Waals surface area contributed by atoms with Crippen LogP contribution in [0.1, 0.15) is 32.6 Å². The molecule has 22 heavy (non-hydrogen) atoms. The molecule has 1 saturated heterocycles. The van der Waals surface area contributed by atoms with Crippen LogP contribution < -0.4 is 10.2 Å². The number of aromatic nitrogens is 2. The maximum Gasteiger partial charge on any atom is 0.135 e. The molecule has 116 valence electrons. The standard InChI is InChI=1S/C17H21BrN4/c1-2-15-5-3-4-10-22(15)17-11-16(19-12-20-17)21-14-8-6-13(18)7-9-14/h6-9,11-12,15H,2-5,10H2,1H3,(H,19,20,21). The van der Waals surface area contributed by atoms with Crippen LogP contribution in [0.15, 0.2) is 41.1 Å². The van der Waals surface area contributed by atoms with Crippen molar-refractivity contribution in [3.8, 4) is 0 Å². The van der Waals surface area contributed by atoms with E-state index in [1.54, 1.807) is 6.33 Å². The van der Waals surface area contributed by atoms with E-state index in [0.717, 1.165) is 28.3 Å². The number of anilines is 3. The van der Waals surface area contributed by atoms with Crippen LogP contribution in [0.5, 0.6) is 0 Å². The van der Waals surface area contributed by atoms with Gasteiger partial charge in [0.05, 0.1) is 0 Å². The minimum absolute atomic E-state index is 0.601. The van der Waals surface area contributed by atoms with Gasteiger partial charge in [0.25, 0.3) is 0 Å². The highest BCUT2D eigenvalue weighted by molar-refractivity contribution is 9.10. The third-order valence-corrected chi connectivity index (χ3v) is 4.69. The van der Waals surface area contributed by atoms with Crippen LogP contribution in [0.2, 0.25) is 0 Å². The Labute approximate surface area is 140 Å².